The topological polar surface area (TPSA) is 73.6 Å². The molecule has 0 aliphatic heterocycles. The summed E-state index contributed by atoms with van der Waals surface area (Å²) in [6, 6.07) is 3.32. The number of amides is 1. The zero-order chi connectivity index (χ0) is 13.7. The number of carbonyl (C=O) groups excluding carboxylic acids is 1. The van der Waals surface area contributed by atoms with Crippen LogP contribution < -0.4 is 20.5 Å². The minimum Gasteiger partial charge on any atom is -0.493 e. The van der Waals surface area contributed by atoms with Crippen molar-refractivity contribution in [3.63, 3.8) is 0 Å². The lowest BCUT2D eigenvalue weighted by molar-refractivity contribution is -0.120. The van der Waals surface area contributed by atoms with E-state index in [1.807, 2.05) is 19.1 Å². The largest absolute Gasteiger partial charge is 0.493 e. The van der Waals surface area contributed by atoms with Crippen molar-refractivity contribution in [1.29, 1.82) is 0 Å². The summed E-state index contributed by atoms with van der Waals surface area (Å²) in [5.41, 5.74) is 7.89. The number of methoxy groups -OCH3 is 2. The number of hydrogen-bond acceptors (Lipinski definition) is 4. The quantitative estimate of drug-likeness (QED) is 0.824. The van der Waals surface area contributed by atoms with Crippen LogP contribution in [-0.4, -0.2) is 27.2 Å². The van der Waals surface area contributed by atoms with Crippen LogP contribution in [0.5, 0.6) is 11.5 Å². The first kappa shape index (κ1) is 14.3. The molecule has 3 N–H and O–H groups in total. The first-order valence-electron chi connectivity index (χ1n) is 5.72. The van der Waals surface area contributed by atoms with E-state index in [1.54, 1.807) is 21.3 Å². The molecule has 0 heterocycles. The first-order valence-corrected chi connectivity index (χ1v) is 5.72. The van der Waals surface area contributed by atoms with Gasteiger partial charge >= 0.3 is 0 Å². The van der Waals surface area contributed by atoms with E-state index in [4.69, 9.17) is 15.2 Å². The molecule has 0 saturated carbocycles. The standard InChI is InChI=1S/C13H20N2O3/c1-8-5-11(17-3)12(18-4)6-9(8)10(14)7-13(16)15-2/h5-6,10H,7,14H2,1-4H3,(H,15,16). The lowest BCUT2D eigenvalue weighted by Gasteiger charge is -2.17. The molecule has 18 heavy (non-hydrogen) atoms. The van der Waals surface area contributed by atoms with Gasteiger partial charge in [0.2, 0.25) is 5.91 Å². The summed E-state index contributed by atoms with van der Waals surface area (Å²) in [5, 5.41) is 2.56. The van der Waals surface area contributed by atoms with Crippen molar-refractivity contribution in [2.75, 3.05) is 21.3 Å². The Hall–Kier alpha value is -1.75. The number of aryl methyl sites for hydroxylation is 1. The summed E-state index contributed by atoms with van der Waals surface area (Å²) < 4.78 is 10.4. The SMILES string of the molecule is CNC(=O)CC(N)c1cc(OC)c(OC)cc1C. The monoisotopic (exact) mass is 252 g/mol. The molecule has 1 aromatic rings. The molecule has 0 fully saturated rings. The second-order valence-electron chi connectivity index (χ2n) is 4.05. The zero-order valence-corrected chi connectivity index (χ0v) is 11.2. The molecule has 0 aromatic heterocycles. The number of benzene rings is 1. The van der Waals surface area contributed by atoms with Crippen molar-refractivity contribution in [2.45, 2.75) is 19.4 Å². The third kappa shape index (κ3) is 3.13. The number of carbonyl (C=O) groups is 1. The van der Waals surface area contributed by atoms with Crippen molar-refractivity contribution < 1.29 is 14.3 Å². The second-order valence-corrected chi connectivity index (χ2v) is 4.05. The Morgan fingerprint density at radius 3 is 2.39 bits per heavy atom. The highest BCUT2D eigenvalue weighted by Crippen LogP contribution is 2.33. The van der Waals surface area contributed by atoms with Crippen LogP contribution in [0.1, 0.15) is 23.6 Å². The van der Waals surface area contributed by atoms with Crippen LogP contribution in [0.2, 0.25) is 0 Å². The molecule has 1 aromatic carbocycles. The fourth-order valence-electron chi connectivity index (χ4n) is 1.81. The molecule has 1 unspecified atom stereocenters. The minimum absolute atomic E-state index is 0.0864. The molecule has 1 rings (SSSR count). The molecule has 1 atom stereocenters. The van der Waals surface area contributed by atoms with Gasteiger partial charge in [-0.2, -0.15) is 0 Å². The van der Waals surface area contributed by atoms with E-state index in [9.17, 15) is 4.79 Å². The van der Waals surface area contributed by atoms with Crippen molar-refractivity contribution >= 4 is 5.91 Å². The molecule has 5 heteroatoms. The number of nitrogens with two attached hydrogens (primary N) is 1. The van der Waals surface area contributed by atoms with Crippen LogP contribution in [0.3, 0.4) is 0 Å². The van der Waals surface area contributed by atoms with Gasteiger partial charge in [0.25, 0.3) is 0 Å². The molecule has 100 valence electrons. The van der Waals surface area contributed by atoms with Crippen LogP contribution in [0, 0.1) is 6.92 Å². The van der Waals surface area contributed by atoms with Crippen LogP contribution in [-0.2, 0) is 4.79 Å². The highest BCUT2D eigenvalue weighted by atomic mass is 16.5. The van der Waals surface area contributed by atoms with Crippen LogP contribution in [0.15, 0.2) is 12.1 Å². The summed E-state index contributed by atoms with van der Waals surface area (Å²) in [7, 11) is 4.75. The van der Waals surface area contributed by atoms with Crippen molar-refractivity contribution in [3.8, 4) is 11.5 Å². The van der Waals surface area contributed by atoms with E-state index in [1.165, 1.54) is 0 Å². The number of rotatable bonds is 5. The predicted octanol–water partition coefficient (Wildman–Crippen LogP) is 1.15. The van der Waals surface area contributed by atoms with Crippen molar-refractivity contribution in [3.05, 3.63) is 23.3 Å². The van der Waals surface area contributed by atoms with Gasteiger partial charge in [0.05, 0.1) is 14.2 Å². The van der Waals surface area contributed by atoms with Gasteiger partial charge in [-0.05, 0) is 30.2 Å². The van der Waals surface area contributed by atoms with Gasteiger partial charge in [-0.15, -0.1) is 0 Å². The molecule has 0 spiro atoms. The Balaban J connectivity index is 3.05. The van der Waals surface area contributed by atoms with Crippen LogP contribution in [0.4, 0.5) is 0 Å². The lowest BCUT2D eigenvalue weighted by Crippen LogP contribution is -2.24. The van der Waals surface area contributed by atoms with Gasteiger partial charge in [-0.1, -0.05) is 0 Å². The third-order valence-electron chi connectivity index (χ3n) is 2.86. The van der Waals surface area contributed by atoms with Gasteiger partial charge in [0, 0.05) is 19.5 Å². The third-order valence-corrected chi connectivity index (χ3v) is 2.86. The van der Waals surface area contributed by atoms with E-state index in [0.29, 0.717) is 11.5 Å². The maximum absolute atomic E-state index is 11.3. The maximum atomic E-state index is 11.3. The van der Waals surface area contributed by atoms with Gasteiger partial charge < -0.3 is 20.5 Å². The number of nitrogens with one attached hydrogen (secondary N) is 1. The molecule has 0 bridgehead atoms. The molecule has 0 radical (unpaired) electrons. The van der Waals surface area contributed by atoms with Crippen molar-refractivity contribution in [2.24, 2.45) is 5.73 Å². The van der Waals surface area contributed by atoms with E-state index in [2.05, 4.69) is 5.32 Å². The van der Waals surface area contributed by atoms with Crippen LogP contribution in [0.25, 0.3) is 0 Å². The number of hydrogen-bond donors (Lipinski definition) is 2. The molecule has 0 aliphatic carbocycles. The van der Waals surface area contributed by atoms with Crippen LogP contribution >= 0.6 is 0 Å². The summed E-state index contributed by atoms with van der Waals surface area (Å²) in [5.74, 6) is 1.19. The lowest BCUT2D eigenvalue weighted by atomic mass is 9.98. The van der Waals surface area contributed by atoms with Gasteiger partial charge in [0.15, 0.2) is 11.5 Å². The Bertz CT molecular complexity index is 432. The first-order chi connectivity index (χ1) is 8.53. The Morgan fingerprint density at radius 1 is 1.33 bits per heavy atom. The summed E-state index contributed by atoms with van der Waals surface area (Å²) >= 11 is 0. The van der Waals surface area contributed by atoms with Crippen molar-refractivity contribution in [1.82, 2.24) is 5.32 Å². The Labute approximate surface area is 107 Å². The second kappa shape index (κ2) is 6.26. The minimum atomic E-state index is -0.357. The molecule has 0 aliphatic rings. The fourth-order valence-corrected chi connectivity index (χ4v) is 1.81. The molecule has 0 saturated heterocycles. The molecular weight excluding hydrogens is 232 g/mol. The Kier molecular flexibility index (Phi) is 4.97. The van der Waals surface area contributed by atoms with E-state index >= 15 is 0 Å². The zero-order valence-electron chi connectivity index (χ0n) is 11.2. The Morgan fingerprint density at radius 2 is 1.89 bits per heavy atom. The molecular formula is C13H20N2O3. The smallest absolute Gasteiger partial charge is 0.221 e. The highest BCUT2D eigenvalue weighted by molar-refractivity contribution is 5.76. The maximum Gasteiger partial charge on any atom is 0.221 e. The van der Waals surface area contributed by atoms with Gasteiger partial charge in [0.1, 0.15) is 0 Å². The van der Waals surface area contributed by atoms with E-state index in [0.717, 1.165) is 11.1 Å². The van der Waals surface area contributed by atoms with Gasteiger partial charge in [-0.3, -0.25) is 4.79 Å². The summed E-state index contributed by atoms with van der Waals surface area (Å²) in [6.07, 6.45) is 0.243. The predicted molar refractivity (Wildman–Crippen MR) is 69.9 cm³/mol. The van der Waals surface area contributed by atoms with E-state index in [-0.39, 0.29) is 18.4 Å². The van der Waals surface area contributed by atoms with Gasteiger partial charge in [-0.25, -0.2) is 0 Å². The highest BCUT2D eigenvalue weighted by Gasteiger charge is 2.16. The average Bonchev–Trinajstić information content (AvgIpc) is 2.37. The number of ether oxygens (including phenoxy) is 2. The average molecular weight is 252 g/mol. The summed E-state index contributed by atoms with van der Waals surface area (Å²) in [6.45, 7) is 1.93. The normalized spacial score (nSPS) is 11.8. The van der Waals surface area contributed by atoms with E-state index < -0.39 is 0 Å². The molecule has 1 amide bonds. The fraction of sp³-hybridized carbons (Fsp3) is 0.462. The summed E-state index contributed by atoms with van der Waals surface area (Å²) in [4.78, 5) is 11.3. The molecule has 5 nitrogen and oxygen atoms in total.